The van der Waals surface area contributed by atoms with Crippen LogP contribution in [-0.4, -0.2) is 43.5 Å². The van der Waals surface area contributed by atoms with Gasteiger partial charge in [-0.3, -0.25) is 9.89 Å². The number of likely N-dealkylation sites (tertiary alicyclic amines) is 1. The summed E-state index contributed by atoms with van der Waals surface area (Å²) in [6.45, 7) is 0.767. The van der Waals surface area contributed by atoms with Crippen molar-refractivity contribution in [1.29, 1.82) is 0 Å². The zero-order valence-electron chi connectivity index (χ0n) is 16.6. The third-order valence-electron chi connectivity index (χ3n) is 5.70. The zero-order valence-corrected chi connectivity index (χ0v) is 16.6. The maximum atomic E-state index is 13.7. The van der Waals surface area contributed by atoms with Gasteiger partial charge in [0.05, 0.1) is 11.8 Å². The molecule has 0 spiro atoms. The number of benzene rings is 1. The van der Waals surface area contributed by atoms with Crippen molar-refractivity contribution >= 4 is 11.6 Å². The van der Waals surface area contributed by atoms with Crippen LogP contribution in [0.4, 0.5) is 17.6 Å². The summed E-state index contributed by atoms with van der Waals surface area (Å²) >= 11 is 0. The summed E-state index contributed by atoms with van der Waals surface area (Å²) in [6, 6.07) is 7.22. The largest absolute Gasteiger partial charge is 0.420 e. The molecular formula is C22H17F4N5O. The first-order chi connectivity index (χ1) is 15.3. The van der Waals surface area contributed by atoms with Gasteiger partial charge in [0.25, 0.3) is 5.91 Å². The van der Waals surface area contributed by atoms with Crippen LogP contribution in [0.25, 0.3) is 16.8 Å². The molecule has 1 N–H and O–H groups in total. The fraction of sp³-hybridized carbons (Fsp3) is 0.227. The Labute approximate surface area is 179 Å². The minimum absolute atomic E-state index is 0.0369. The van der Waals surface area contributed by atoms with E-state index < -0.39 is 17.6 Å². The van der Waals surface area contributed by atoms with Crippen molar-refractivity contribution in [2.45, 2.75) is 18.5 Å². The standard InChI is InChI=1S/C22H17F4N5O/c23-17-3-1-2-13(6-17)14-4-5-30(10-14)21(32)19-12-31-11-15(16-8-27-28-9-16)7-18(20(31)29-19)22(24,25)26/h1-3,6-9,11-12,14H,4-5,10H2,(H,27,28). The SMILES string of the molecule is O=C(c1cn2cc(-c3cn[nH]c3)cc(C(F)(F)F)c2n1)N1CCC(c2cccc(F)c2)C1. The van der Waals surface area contributed by atoms with Gasteiger partial charge >= 0.3 is 6.18 Å². The lowest BCUT2D eigenvalue weighted by Crippen LogP contribution is -2.28. The number of fused-ring (bicyclic) bond motifs is 1. The summed E-state index contributed by atoms with van der Waals surface area (Å²) in [5.41, 5.74) is 0.223. The van der Waals surface area contributed by atoms with E-state index in [1.165, 1.54) is 41.3 Å². The number of H-pyrrole nitrogens is 1. The first-order valence-electron chi connectivity index (χ1n) is 9.93. The number of carbonyl (C=O) groups is 1. The molecule has 1 atom stereocenters. The molecular weight excluding hydrogens is 426 g/mol. The topological polar surface area (TPSA) is 66.3 Å². The molecule has 1 saturated heterocycles. The molecule has 32 heavy (non-hydrogen) atoms. The van der Waals surface area contributed by atoms with Crippen molar-refractivity contribution in [2.75, 3.05) is 13.1 Å². The quantitative estimate of drug-likeness (QED) is 0.474. The molecule has 4 aromatic rings. The van der Waals surface area contributed by atoms with Crippen LogP contribution in [-0.2, 0) is 6.18 Å². The van der Waals surface area contributed by atoms with Crippen LogP contribution in [0.3, 0.4) is 0 Å². The van der Waals surface area contributed by atoms with Crippen molar-refractivity contribution in [1.82, 2.24) is 24.5 Å². The molecule has 1 aliphatic rings. The third kappa shape index (κ3) is 3.61. The Bertz CT molecular complexity index is 1300. The van der Waals surface area contributed by atoms with Gasteiger partial charge in [-0.15, -0.1) is 0 Å². The summed E-state index contributed by atoms with van der Waals surface area (Å²) in [7, 11) is 0. The Morgan fingerprint density at radius 3 is 2.72 bits per heavy atom. The van der Waals surface area contributed by atoms with E-state index in [-0.39, 0.29) is 23.1 Å². The molecule has 1 aromatic carbocycles. The van der Waals surface area contributed by atoms with Gasteiger partial charge in [-0.1, -0.05) is 12.1 Å². The van der Waals surface area contributed by atoms with E-state index in [2.05, 4.69) is 15.2 Å². The van der Waals surface area contributed by atoms with Gasteiger partial charge in [0, 0.05) is 48.7 Å². The molecule has 0 radical (unpaired) electrons. The maximum Gasteiger partial charge on any atom is 0.420 e. The van der Waals surface area contributed by atoms with Crippen LogP contribution in [0.1, 0.15) is 34.0 Å². The second kappa shape index (κ2) is 7.47. The number of aromatic amines is 1. The minimum Gasteiger partial charge on any atom is -0.337 e. The van der Waals surface area contributed by atoms with Gasteiger partial charge in [-0.05, 0) is 30.2 Å². The molecule has 1 unspecified atom stereocenters. The predicted octanol–water partition coefficient (Wildman–Crippen LogP) is 4.51. The fourth-order valence-corrected chi connectivity index (χ4v) is 4.12. The van der Waals surface area contributed by atoms with Crippen LogP contribution in [0.5, 0.6) is 0 Å². The third-order valence-corrected chi connectivity index (χ3v) is 5.70. The summed E-state index contributed by atoms with van der Waals surface area (Å²) in [5.74, 6) is -0.837. The number of amides is 1. The molecule has 1 amide bonds. The van der Waals surface area contributed by atoms with Gasteiger partial charge in [-0.2, -0.15) is 18.3 Å². The number of carbonyl (C=O) groups excluding carboxylic acids is 1. The smallest absolute Gasteiger partial charge is 0.337 e. The highest BCUT2D eigenvalue weighted by molar-refractivity contribution is 5.93. The van der Waals surface area contributed by atoms with Crippen LogP contribution in [0.2, 0.25) is 0 Å². The van der Waals surface area contributed by atoms with E-state index in [1.807, 2.05) is 0 Å². The number of nitrogens with one attached hydrogen (secondary N) is 1. The van der Waals surface area contributed by atoms with E-state index in [9.17, 15) is 22.4 Å². The first-order valence-corrected chi connectivity index (χ1v) is 9.93. The Kier molecular flexibility index (Phi) is 4.72. The van der Waals surface area contributed by atoms with E-state index in [4.69, 9.17) is 0 Å². The molecule has 10 heteroatoms. The Morgan fingerprint density at radius 2 is 2.00 bits per heavy atom. The summed E-state index contributed by atoms with van der Waals surface area (Å²) in [6.07, 6.45) is 1.69. The Balaban J connectivity index is 1.47. The summed E-state index contributed by atoms with van der Waals surface area (Å²) in [4.78, 5) is 18.6. The van der Waals surface area contributed by atoms with E-state index in [0.29, 0.717) is 30.6 Å². The number of halogens is 4. The molecule has 164 valence electrons. The van der Waals surface area contributed by atoms with Crippen molar-refractivity contribution in [3.05, 3.63) is 77.8 Å². The highest BCUT2D eigenvalue weighted by Gasteiger charge is 2.36. The van der Waals surface area contributed by atoms with Crippen molar-refractivity contribution in [2.24, 2.45) is 0 Å². The first kappa shape index (κ1) is 20.2. The van der Waals surface area contributed by atoms with Gasteiger partial charge < -0.3 is 9.30 Å². The molecule has 5 rings (SSSR count). The van der Waals surface area contributed by atoms with Crippen molar-refractivity contribution in [3.8, 4) is 11.1 Å². The van der Waals surface area contributed by atoms with Crippen molar-refractivity contribution in [3.63, 3.8) is 0 Å². The summed E-state index contributed by atoms with van der Waals surface area (Å²) in [5, 5.41) is 6.35. The van der Waals surface area contributed by atoms with Crippen LogP contribution in [0, 0.1) is 5.82 Å². The number of hydrogen-bond acceptors (Lipinski definition) is 3. The lowest BCUT2D eigenvalue weighted by Gasteiger charge is -2.15. The second-order valence-corrected chi connectivity index (χ2v) is 7.78. The fourth-order valence-electron chi connectivity index (χ4n) is 4.12. The Hall–Kier alpha value is -3.69. The van der Waals surface area contributed by atoms with E-state index in [1.54, 1.807) is 17.0 Å². The molecule has 0 saturated carbocycles. The lowest BCUT2D eigenvalue weighted by atomic mass is 9.98. The average molecular weight is 443 g/mol. The summed E-state index contributed by atoms with van der Waals surface area (Å²) < 4.78 is 55.9. The molecule has 0 aliphatic carbocycles. The monoisotopic (exact) mass is 443 g/mol. The van der Waals surface area contributed by atoms with Gasteiger partial charge in [0.2, 0.25) is 0 Å². The second-order valence-electron chi connectivity index (χ2n) is 7.78. The molecule has 1 aliphatic heterocycles. The van der Waals surface area contributed by atoms with Crippen LogP contribution in [0.15, 0.2) is 55.1 Å². The maximum absolute atomic E-state index is 13.7. The Morgan fingerprint density at radius 1 is 1.16 bits per heavy atom. The highest BCUT2D eigenvalue weighted by Crippen LogP contribution is 2.35. The van der Waals surface area contributed by atoms with Gasteiger partial charge in [0.15, 0.2) is 0 Å². The van der Waals surface area contributed by atoms with Gasteiger partial charge in [-0.25, -0.2) is 9.37 Å². The predicted molar refractivity (Wildman–Crippen MR) is 107 cm³/mol. The van der Waals surface area contributed by atoms with Gasteiger partial charge in [0.1, 0.15) is 17.2 Å². The number of imidazole rings is 1. The van der Waals surface area contributed by atoms with E-state index >= 15 is 0 Å². The number of pyridine rings is 1. The number of alkyl halides is 3. The molecule has 6 nitrogen and oxygen atoms in total. The number of aromatic nitrogens is 4. The normalized spacial score (nSPS) is 16.8. The molecule has 0 bridgehead atoms. The lowest BCUT2D eigenvalue weighted by molar-refractivity contribution is -0.136. The van der Waals surface area contributed by atoms with Crippen molar-refractivity contribution < 1.29 is 22.4 Å². The number of hydrogen-bond donors (Lipinski definition) is 1. The minimum atomic E-state index is -4.65. The van der Waals surface area contributed by atoms with Crippen LogP contribution >= 0.6 is 0 Å². The number of rotatable bonds is 3. The molecule has 1 fully saturated rings. The van der Waals surface area contributed by atoms with Crippen LogP contribution < -0.4 is 0 Å². The average Bonchev–Trinajstić information content (AvgIpc) is 3.52. The molecule has 3 aromatic heterocycles. The van der Waals surface area contributed by atoms with E-state index in [0.717, 1.165) is 11.6 Å². The molecule has 4 heterocycles. The zero-order chi connectivity index (χ0) is 22.5. The number of nitrogens with zero attached hydrogens (tertiary/aromatic N) is 4. The highest BCUT2D eigenvalue weighted by atomic mass is 19.4.